The maximum Gasteiger partial charge on any atom is 0.255 e. The molecule has 0 radical (unpaired) electrons. The molecule has 0 spiro atoms. The molecule has 0 N–H and O–H groups in total. The molecule has 0 saturated heterocycles. The summed E-state index contributed by atoms with van der Waals surface area (Å²) in [7, 11) is 1.65. The molecule has 4 heteroatoms. The van der Waals surface area contributed by atoms with Crippen LogP contribution in [0.2, 0.25) is 5.02 Å². The van der Waals surface area contributed by atoms with Crippen LogP contribution in [0, 0.1) is 0 Å². The van der Waals surface area contributed by atoms with Crippen molar-refractivity contribution in [1.82, 2.24) is 4.90 Å². The van der Waals surface area contributed by atoms with Gasteiger partial charge in [0, 0.05) is 17.1 Å². The third kappa shape index (κ3) is 2.88. The number of halogens is 1. The van der Waals surface area contributed by atoms with Crippen LogP contribution in [0.4, 0.5) is 0 Å². The van der Waals surface area contributed by atoms with Gasteiger partial charge in [-0.25, -0.2) is 0 Å². The van der Waals surface area contributed by atoms with Gasteiger partial charge in [0.25, 0.3) is 5.91 Å². The average molecular weight is 378 g/mol. The summed E-state index contributed by atoms with van der Waals surface area (Å²) in [6.45, 7) is 2.61. The number of hydrogen-bond acceptors (Lipinski definition) is 2. The Hall–Kier alpha value is -2.78. The number of carbonyl (C=O) groups excluding carboxylic acids is 1. The lowest BCUT2D eigenvalue weighted by atomic mass is 9.84. The van der Waals surface area contributed by atoms with Gasteiger partial charge >= 0.3 is 0 Å². The van der Waals surface area contributed by atoms with Gasteiger partial charge in [-0.3, -0.25) is 4.79 Å². The van der Waals surface area contributed by atoms with E-state index in [4.69, 9.17) is 16.3 Å². The Balaban J connectivity index is 1.80. The molecular formula is C23H20ClNO2. The molecule has 0 bridgehead atoms. The SMILES string of the molecule is COc1ccc(CN2C(=O)c3ccccc3C2(C)c2ccc(Cl)cc2)cc1. The molecule has 1 heterocycles. The zero-order chi connectivity index (χ0) is 19.0. The van der Waals surface area contributed by atoms with Crippen molar-refractivity contribution in [2.75, 3.05) is 7.11 Å². The lowest BCUT2D eigenvalue weighted by Gasteiger charge is -2.37. The number of hydrogen-bond donors (Lipinski definition) is 0. The van der Waals surface area contributed by atoms with Crippen LogP contribution in [0.25, 0.3) is 0 Å². The van der Waals surface area contributed by atoms with Crippen molar-refractivity contribution in [2.24, 2.45) is 0 Å². The molecular weight excluding hydrogens is 358 g/mol. The van der Waals surface area contributed by atoms with E-state index < -0.39 is 5.54 Å². The van der Waals surface area contributed by atoms with Crippen LogP contribution < -0.4 is 4.74 Å². The van der Waals surface area contributed by atoms with Gasteiger partial charge in [0.2, 0.25) is 0 Å². The molecule has 1 unspecified atom stereocenters. The number of ether oxygens (including phenoxy) is 1. The minimum atomic E-state index is -0.557. The Morgan fingerprint density at radius 2 is 1.63 bits per heavy atom. The molecule has 3 nitrogen and oxygen atoms in total. The van der Waals surface area contributed by atoms with E-state index in [0.29, 0.717) is 11.6 Å². The van der Waals surface area contributed by atoms with Gasteiger partial charge in [-0.05, 0) is 53.9 Å². The van der Waals surface area contributed by atoms with Gasteiger partial charge in [0.05, 0.1) is 12.6 Å². The molecule has 1 aliphatic rings. The smallest absolute Gasteiger partial charge is 0.255 e. The maximum absolute atomic E-state index is 13.3. The first-order valence-electron chi connectivity index (χ1n) is 8.84. The number of carbonyl (C=O) groups is 1. The minimum absolute atomic E-state index is 0.0406. The van der Waals surface area contributed by atoms with Gasteiger partial charge in [0.1, 0.15) is 5.75 Å². The lowest BCUT2D eigenvalue weighted by Crippen LogP contribution is -2.41. The minimum Gasteiger partial charge on any atom is -0.497 e. The highest BCUT2D eigenvalue weighted by atomic mass is 35.5. The predicted octanol–water partition coefficient (Wildman–Crippen LogP) is 5.27. The molecule has 136 valence electrons. The molecule has 1 amide bonds. The number of amides is 1. The summed E-state index contributed by atoms with van der Waals surface area (Å²) >= 11 is 6.09. The van der Waals surface area contributed by atoms with E-state index in [9.17, 15) is 4.79 Å². The molecule has 0 aromatic heterocycles. The first-order valence-corrected chi connectivity index (χ1v) is 9.22. The highest BCUT2D eigenvalue weighted by Crippen LogP contribution is 2.44. The number of methoxy groups -OCH3 is 1. The van der Waals surface area contributed by atoms with Crippen LogP contribution in [0.5, 0.6) is 5.75 Å². The highest BCUT2D eigenvalue weighted by molar-refractivity contribution is 6.30. The fourth-order valence-corrected chi connectivity index (χ4v) is 3.94. The fourth-order valence-electron chi connectivity index (χ4n) is 3.82. The maximum atomic E-state index is 13.3. The summed E-state index contributed by atoms with van der Waals surface area (Å²) in [5.41, 5.74) is 3.31. The van der Waals surface area contributed by atoms with Gasteiger partial charge in [-0.1, -0.05) is 54.1 Å². The van der Waals surface area contributed by atoms with E-state index in [0.717, 1.165) is 28.0 Å². The van der Waals surface area contributed by atoms with Crippen LogP contribution in [0.1, 0.15) is 34.0 Å². The van der Waals surface area contributed by atoms with Gasteiger partial charge in [-0.2, -0.15) is 0 Å². The predicted molar refractivity (Wildman–Crippen MR) is 107 cm³/mol. The molecule has 4 rings (SSSR count). The summed E-state index contributed by atoms with van der Waals surface area (Å²) in [5, 5.41) is 0.682. The number of fused-ring (bicyclic) bond motifs is 1. The van der Waals surface area contributed by atoms with Crippen LogP contribution in [-0.2, 0) is 12.1 Å². The zero-order valence-electron chi connectivity index (χ0n) is 15.3. The summed E-state index contributed by atoms with van der Waals surface area (Å²) in [5.74, 6) is 0.842. The van der Waals surface area contributed by atoms with Crippen LogP contribution in [0.3, 0.4) is 0 Å². The van der Waals surface area contributed by atoms with Crippen molar-refractivity contribution < 1.29 is 9.53 Å². The summed E-state index contributed by atoms with van der Waals surface area (Å²) in [6, 6.07) is 23.4. The molecule has 0 saturated carbocycles. The first-order chi connectivity index (χ1) is 13.0. The number of rotatable bonds is 4. The monoisotopic (exact) mass is 377 g/mol. The van der Waals surface area contributed by atoms with Crippen molar-refractivity contribution >= 4 is 17.5 Å². The second-order valence-electron chi connectivity index (χ2n) is 6.86. The average Bonchev–Trinajstić information content (AvgIpc) is 2.92. The summed E-state index contributed by atoms with van der Waals surface area (Å²) in [6.07, 6.45) is 0. The Morgan fingerprint density at radius 1 is 0.963 bits per heavy atom. The summed E-state index contributed by atoms with van der Waals surface area (Å²) in [4.78, 5) is 15.2. The van der Waals surface area contributed by atoms with Crippen molar-refractivity contribution in [3.8, 4) is 5.75 Å². The molecule has 0 fully saturated rings. The van der Waals surface area contributed by atoms with Crippen LogP contribution >= 0.6 is 11.6 Å². The summed E-state index contributed by atoms with van der Waals surface area (Å²) < 4.78 is 5.24. The molecule has 3 aromatic carbocycles. The number of benzene rings is 3. The van der Waals surface area contributed by atoms with Crippen molar-refractivity contribution in [2.45, 2.75) is 19.0 Å². The number of nitrogens with zero attached hydrogens (tertiary/aromatic N) is 1. The molecule has 1 aliphatic heterocycles. The Labute approximate surface area is 164 Å². The van der Waals surface area contributed by atoms with E-state index in [-0.39, 0.29) is 5.91 Å². The van der Waals surface area contributed by atoms with E-state index in [1.54, 1.807) is 7.11 Å². The molecule has 3 aromatic rings. The van der Waals surface area contributed by atoms with Gasteiger partial charge in [-0.15, -0.1) is 0 Å². The zero-order valence-corrected chi connectivity index (χ0v) is 16.0. The van der Waals surface area contributed by atoms with Crippen molar-refractivity contribution in [3.05, 3.63) is 100 Å². The molecule has 0 aliphatic carbocycles. The van der Waals surface area contributed by atoms with E-state index >= 15 is 0 Å². The van der Waals surface area contributed by atoms with Crippen molar-refractivity contribution in [1.29, 1.82) is 0 Å². The normalized spacial score (nSPS) is 18.5. The standard InChI is InChI=1S/C23H20ClNO2/c1-23(17-9-11-18(24)12-10-17)21-6-4-3-5-20(21)22(26)25(23)15-16-7-13-19(27-2)14-8-16/h3-14H,15H2,1-2H3. The first kappa shape index (κ1) is 17.6. The Morgan fingerprint density at radius 3 is 2.30 bits per heavy atom. The molecule has 1 atom stereocenters. The Bertz CT molecular complexity index is 982. The second-order valence-corrected chi connectivity index (χ2v) is 7.30. The van der Waals surface area contributed by atoms with E-state index in [1.807, 2.05) is 77.7 Å². The lowest BCUT2D eigenvalue weighted by molar-refractivity contribution is 0.0630. The van der Waals surface area contributed by atoms with Gasteiger partial charge < -0.3 is 9.64 Å². The third-order valence-electron chi connectivity index (χ3n) is 5.37. The molecule has 27 heavy (non-hydrogen) atoms. The Kier molecular flexibility index (Phi) is 4.40. The second kappa shape index (κ2) is 6.75. The van der Waals surface area contributed by atoms with E-state index in [1.165, 1.54) is 0 Å². The van der Waals surface area contributed by atoms with Crippen molar-refractivity contribution in [3.63, 3.8) is 0 Å². The third-order valence-corrected chi connectivity index (χ3v) is 5.62. The van der Waals surface area contributed by atoms with E-state index in [2.05, 4.69) is 6.92 Å². The highest BCUT2D eigenvalue weighted by Gasteiger charge is 2.47. The topological polar surface area (TPSA) is 29.5 Å². The quantitative estimate of drug-likeness (QED) is 0.620. The fraction of sp³-hybridized carbons (Fsp3) is 0.174. The largest absolute Gasteiger partial charge is 0.497 e. The van der Waals surface area contributed by atoms with Gasteiger partial charge in [0.15, 0.2) is 0 Å². The van der Waals surface area contributed by atoms with Crippen LogP contribution in [-0.4, -0.2) is 17.9 Å². The van der Waals surface area contributed by atoms with Crippen LogP contribution in [0.15, 0.2) is 72.8 Å².